The molecule has 0 unspecified atom stereocenters. The first-order chi connectivity index (χ1) is 13.4. The average Bonchev–Trinajstić information content (AvgIpc) is 2.68. The van der Waals surface area contributed by atoms with Crippen molar-refractivity contribution < 1.29 is 13.9 Å². The van der Waals surface area contributed by atoms with Gasteiger partial charge in [-0.15, -0.1) is 0 Å². The van der Waals surface area contributed by atoms with Crippen LogP contribution in [0, 0.1) is 12.7 Å². The molecule has 0 saturated heterocycles. The van der Waals surface area contributed by atoms with Gasteiger partial charge in [0.25, 0.3) is 0 Å². The number of hydrogen-bond acceptors (Lipinski definition) is 4. The molecule has 0 amide bonds. The molecule has 2 rings (SSSR count). The second-order valence-electron chi connectivity index (χ2n) is 6.70. The van der Waals surface area contributed by atoms with Gasteiger partial charge in [0.15, 0.2) is 5.71 Å². The smallest absolute Gasteiger partial charge is 0.357 e. The van der Waals surface area contributed by atoms with E-state index < -0.39 is 5.97 Å². The second kappa shape index (κ2) is 10.0. The van der Waals surface area contributed by atoms with Crippen LogP contribution in [-0.4, -0.2) is 30.2 Å². The van der Waals surface area contributed by atoms with Crippen LogP contribution in [0.4, 0.5) is 4.39 Å². The lowest BCUT2D eigenvalue weighted by Gasteiger charge is -2.27. The van der Waals surface area contributed by atoms with Crippen molar-refractivity contribution in [1.82, 2.24) is 4.90 Å². The van der Waals surface area contributed by atoms with Gasteiger partial charge >= 0.3 is 5.97 Å². The third-order valence-corrected chi connectivity index (χ3v) is 4.68. The van der Waals surface area contributed by atoms with Crippen molar-refractivity contribution in [2.24, 2.45) is 4.99 Å². The molecule has 1 aromatic rings. The zero-order chi connectivity index (χ0) is 20.7. The Morgan fingerprint density at radius 1 is 1.32 bits per heavy atom. The van der Waals surface area contributed by atoms with Crippen molar-refractivity contribution in [2.75, 3.05) is 13.7 Å². The van der Waals surface area contributed by atoms with Crippen LogP contribution in [0.25, 0.3) is 5.57 Å². The van der Waals surface area contributed by atoms with Crippen LogP contribution in [0.1, 0.15) is 51.2 Å². The molecule has 0 atom stereocenters. The number of rotatable bonds is 7. The predicted octanol–water partition coefficient (Wildman–Crippen LogP) is 5.40. The molecular weight excluding hydrogens is 355 g/mol. The largest absolute Gasteiger partial charge is 0.461 e. The molecule has 150 valence electrons. The third kappa shape index (κ3) is 4.97. The summed E-state index contributed by atoms with van der Waals surface area (Å²) < 4.78 is 19.8. The summed E-state index contributed by atoms with van der Waals surface area (Å²) in [4.78, 5) is 18.7. The number of hydrogen-bond donors (Lipinski definition) is 0. The molecule has 0 saturated carbocycles. The lowest BCUT2D eigenvalue weighted by Crippen LogP contribution is -2.27. The molecule has 1 aliphatic heterocycles. The third-order valence-electron chi connectivity index (χ3n) is 4.68. The summed E-state index contributed by atoms with van der Waals surface area (Å²) in [5, 5.41) is 0. The molecule has 0 spiro atoms. The molecule has 0 bridgehead atoms. The number of aliphatic imine (C=N–C) groups is 1. The highest BCUT2D eigenvalue weighted by Gasteiger charge is 2.22. The summed E-state index contributed by atoms with van der Waals surface area (Å²) in [5.74, 6) is -0.104. The molecule has 0 aliphatic carbocycles. The summed E-state index contributed by atoms with van der Waals surface area (Å²) in [6, 6.07) is 5.33. The van der Waals surface area contributed by atoms with Crippen LogP contribution < -0.4 is 0 Å². The Balaban J connectivity index is 2.49. The Bertz CT molecular complexity index is 850. The molecule has 0 radical (unpaired) electrons. The topological polar surface area (TPSA) is 41.9 Å². The summed E-state index contributed by atoms with van der Waals surface area (Å²) in [6.45, 7) is 7.79. The highest BCUT2D eigenvalue weighted by atomic mass is 19.1. The fourth-order valence-corrected chi connectivity index (χ4v) is 2.99. The lowest BCUT2D eigenvalue weighted by atomic mass is 10.0. The van der Waals surface area contributed by atoms with Gasteiger partial charge < -0.3 is 9.64 Å². The fourth-order valence-electron chi connectivity index (χ4n) is 2.99. The van der Waals surface area contributed by atoms with Crippen molar-refractivity contribution in [1.29, 1.82) is 0 Å². The Morgan fingerprint density at radius 2 is 2.07 bits per heavy atom. The number of benzene rings is 1. The van der Waals surface area contributed by atoms with E-state index in [2.05, 4.69) is 11.9 Å². The minimum absolute atomic E-state index is 0.248. The summed E-state index contributed by atoms with van der Waals surface area (Å²) in [7, 11) is 1.92. The maximum atomic E-state index is 14.6. The van der Waals surface area contributed by atoms with E-state index in [-0.39, 0.29) is 11.5 Å². The lowest BCUT2D eigenvalue weighted by molar-refractivity contribution is -0.134. The van der Waals surface area contributed by atoms with Crippen LogP contribution in [0.15, 0.2) is 52.9 Å². The first kappa shape index (κ1) is 21.6. The van der Waals surface area contributed by atoms with Gasteiger partial charge in [-0.25, -0.2) is 14.2 Å². The molecule has 0 N–H and O–H groups in total. The minimum atomic E-state index is -0.445. The van der Waals surface area contributed by atoms with Gasteiger partial charge in [0.2, 0.25) is 0 Å². The number of halogens is 1. The van der Waals surface area contributed by atoms with Gasteiger partial charge in [-0.2, -0.15) is 0 Å². The molecule has 4 nitrogen and oxygen atoms in total. The van der Waals surface area contributed by atoms with Crippen molar-refractivity contribution in [3.05, 3.63) is 64.9 Å². The SMILES string of the molecule is C/C=C(\C=C1\N=C(C(=O)OCC)C=C(CCCC)N1C)c1cccc(C)c1F. The Hall–Kier alpha value is -2.69. The van der Waals surface area contributed by atoms with Crippen molar-refractivity contribution >= 4 is 17.3 Å². The van der Waals surface area contributed by atoms with Gasteiger partial charge in [-0.1, -0.05) is 37.6 Å². The van der Waals surface area contributed by atoms with Gasteiger partial charge in [0, 0.05) is 18.3 Å². The van der Waals surface area contributed by atoms with E-state index in [9.17, 15) is 9.18 Å². The molecule has 5 heteroatoms. The van der Waals surface area contributed by atoms with E-state index in [0.29, 0.717) is 29.1 Å². The number of carbonyl (C=O) groups is 1. The Kier molecular flexibility index (Phi) is 7.73. The molecule has 28 heavy (non-hydrogen) atoms. The summed E-state index contributed by atoms with van der Waals surface area (Å²) >= 11 is 0. The number of aryl methyl sites for hydroxylation is 1. The van der Waals surface area contributed by atoms with Crippen LogP contribution in [-0.2, 0) is 9.53 Å². The van der Waals surface area contributed by atoms with E-state index in [1.54, 1.807) is 32.1 Å². The number of ether oxygens (including phenoxy) is 1. The zero-order valence-corrected chi connectivity index (χ0v) is 17.4. The first-order valence-electron chi connectivity index (χ1n) is 9.76. The molecule has 0 fully saturated rings. The number of unbranched alkanes of at least 4 members (excludes halogenated alkanes) is 1. The standard InChI is InChI=1S/C23H29FN2O2/c1-6-9-12-18-15-20(23(27)28-8-3)25-21(26(18)5)14-17(7-2)19-13-10-11-16(4)22(19)24/h7,10-11,13-15H,6,8-9,12H2,1-5H3/b17-7+,21-14-. The van der Waals surface area contributed by atoms with E-state index in [4.69, 9.17) is 4.74 Å². The van der Waals surface area contributed by atoms with Gasteiger partial charge in [0.05, 0.1) is 6.61 Å². The number of carbonyl (C=O) groups excluding carboxylic acids is 1. The van der Waals surface area contributed by atoms with Crippen molar-refractivity contribution in [3.8, 4) is 0 Å². The van der Waals surface area contributed by atoms with E-state index >= 15 is 0 Å². The average molecular weight is 384 g/mol. The first-order valence-corrected chi connectivity index (χ1v) is 9.76. The van der Waals surface area contributed by atoms with Crippen LogP contribution in [0.3, 0.4) is 0 Å². The van der Waals surface area contributed by atoms with Crippen molar-refractivity contribution in [3.63, 3.8) is 0 Å². The molecule has 1 aromatic carbocycles. The second-order valence-corrected chi connectivity index (χ2v) is 6.70. The van der Waals surface area contributed by atoms with Gasteiger partial charge in [-0.3, -0.25) is 0 Å². The van der Waals surface area contributed by atoms with Crippen molar-refractivity contribution in [2.45, 2.75) is 47.0 Å². The number of allylic oxidation sites excluding steroid dienone is 4. The zero-order valence-electron chi connectivity index (χ0n) is 17.4. The molecule has 0 aromatic heterocycles. The normalized spacial score (nSPS) is 16.1. The van der Waals surface area contributed by atoms with Gasteiger partial charge in [-0.05, 0) is 56.9 Å². The van der Waals surface area contributed by atoms with Gasteiger partial charge in [0.1, 0.15) is 11.6 Å². The maximum absolute atomic E-state index is 14.6. The highest BCUT2D eigenvalue weighted by molar-refractivity contribution is 6.41. The van der Waals surface area contributed by atoms with E-state index in [0.717, 1.165) is 25.0 Å². The number of nitrogens with zero attached hydrogens (tertiary/aromatic N) is 2. The Labute approximate surface area is 167 Å². The van der Waals surface area contributed by atoms with E-state index in [1.807, 2.05) is 37.1 Å². The summed E-state index contributed by atoms with van der Waals surface area (Å²) in [5.41, 5.74) is 3.09. The molecule has 1 heterocycles. The van der Waals surface area contributed by atoms with Crippen LogP contribution in [0.2, 0.25) is 0 Å². The monoisotopic (exact) mass is 384 g/mol. The number of esters is 1. The Morgan fingerprint density at radius 3 is 2.71 bits per heavy atom. The minimum Gasteiger partial charge on any atom is -0.461 e. The molecule has 1 aliphatic rings. The predicted molar refractivity (Wildman–Crippen MR) is 112 cm³/mol. The maximum Gasteiger partial charge on any atom is 0.357 e. The highest BCUT2D eigenvalue weighted by Crippen LogP contribution is 2.28. The summed E-state index contributed by atoms with van der Waals surface area (Å²) in [6.07, 6.45) is 8.33. The quantitative estimate of drug-likeness (QED) is 0.591. The van der Waals surface area contributed by atoms with E-state index in [1.165, 1.54) is 0 Å². The van der Waals surface area contributed by atoms with Crippen LogP contribution >= 0.6 is 0 Å². The molecular formula is C23H29FN2O2. The van der Waals surface area contributed by atoms with Crippen LogP contribution in [0.5, 0.6) is 0 Å². The fraction of sp³-hybridized carbons (Fsp3) is 0.391.